The highest BCUT2D eigenvalue weighted by Crippen LogP contribution is 2.30. The normalized spacial score (nSPS) is 11.8. The molecule has 0 saturated heterocycles. The molecule has 0 aliphatic carbocycles. The third-order valence-corrected chi connectivity index (χ3v) is 3.65. The van der Waals surface area contributed by atoms with E-state index < -0.39 is 0 Å². The predicted octanol–water partition coefficient (Wildman–Crippen LogP) is 5.19. The van der Waals surface area contributed by atoms with Crippen molar-refractivity contribution in [3.05, 3.63) is 48.0 Å². The fourth-order valence-electron chi connectivity index (χ4n) is 2.40. The van der Waals surface area contributed by atoms with Crippen LogP contribution in [0.3, 0.4) is 0 Å². The first-order valence-electron chi connectivity index (χ1n) is 7.61. The molecule has 3 nitrogen and oxygen atoms in total. The van der Waals surface area contributed by atoms with Gasteiger partial charge >= 0.3 is 0 Å². The number of hydrogen-bond donors (Lipinski definition) is 0. The zero-order chi connectivity index (χ0) is 15.7. The molecule has 0 atom stereocenters. The molecule has 0 radical (unpaired) electrons. The third kappa shape index (κ3) is 2.84. The van der Waals surface area contributed by atoms with Crippen molar-refractivity contribution in [3.8, 4) is 17.2 Å². The molecule has 0 fully saturated rings. The van der Waals surface area contributed by atoms with Gasteiger partial charge in [0.25, 0.3) is 0 Å². The highest BCUT2D eigenvalue weighted by atomic mass is 16.5. The van der Waals surface area contributed by atoms with E-state index in [4.69, 9.17) is 9.15 Å². The Hall–Kier alpha value is -2.29. The molecule has 0 unspecified atom stereocenters. The van der Waals surface area contributed by atoms with Crippen LogP contribution in [0.1, 0.15) is 33.3 Å². The Morgan fingerprint density at radius 3 is 2.64 bits per heavy atom. The van der Waals surface area contributed by atoms with Crippen LogP contribution in [0, 0.1) is 0 Å². The van der Waals surface area contributed by atoms with Crippen molar-refractivity contribution in [1.29, 1.82) is 0 Å². The van der Waals surface area contributed by atoms with Crippen molar-refractivity contribution in [3.63, 3.8) is 0 Å². The molecule has 0 aliphatic rings. The Morgan fingerprint density at radius 2 is 1.91 bits per heavy atom. The second kappa shape index (κ2) is 5.48. The Kier molecular flexibility index (Phi) is 3.65. The molecule has 1 aromatic heterocycles. The Labute approximate surface area is 130 Å². The first-order chi connectivity index (χ1) is 10.5. The van der Waals surface area contributed by atoms with Crippen LogP contribution >= 0.6 is 0 Å². The number of fused-ring (bicyclic) bond motifs is 1. The van der Waals surface area contributed by atoms with Gasteiger partial charge in [-0.25, -0.2) is 4.98 Å². The zero-order valence-electron chi connectivity index (χ0n) is 13.5. The van der Waals surface area contributed by atoms with E-state index in [1.54, 1.807) is 0 Å². The average molecular weight is 295 g/mol. The van der Waals surface area contributed by atoms with Crippen molar-refractivity contribution in [2.45, 2.75) is 33.1 Å². The van der Waals surface area contributed by atoms with Crippen molar-refractivity contribution < 1.29 is 9.15 Å². The molecule has 0 spiro atoms. The highest BCUT2D eigenvalue weighted by Gasteiger charge is 2.16. The van der Waals surface area contributed by atoms with Crippen LogP contribution in [-0.4, -0.2) is 11.6 Å². The molecule has 0 aliphatic heterocycles. The molecule has 0 saturated carbocycles. The monoisotopic (exact) mass is 295 g/mol. The van der Waals surface area contributed by atoms with E-state index in [1.165, 1.54) is 5.56 Å². The molecule has 114 valence electrons. The molecule has 0 amide bonds. The van der Waals surface area contributed by atoms with E-state index in [9.17, 15) is 0 Å². The number of aromatic nitrogens is 1. The first-order valence-corrected chi connectivity index (χ1v) is 7.61. The van der Waals surface area contributed by atoms with Gasteiger partial charge in [-0.15, -0.1) is 0 Å². The lowest BCUT2D eigenvalue weighted by Crippen LogP contribution is -2.10. The molecule has 3 aromatic rings. The Bertz CT molecular complexity index is 797. The molecule has 3 rings (SSSR count). The average Bonchev–Trinajstić information content (AvgIpc) is 2.90. The van der Waals surface area contributed by atoms with E-state index in [-0.39, 0.29) is 5.41 Å². The predicted molar refractivity (Wildman–Crippen MR) is 89.3 cm³/mol. The smallest absolute Gasteiger partial charge is 0.227 e. The molecule has 0 N–H and O–H groups in total. The van der Waals surface area contributed by atoms with Gasteiger partial charge in [-0.1, -0.05) is 32.9 Å². The number of oxazole rings is 1. The summed E-state index contributed by atoms with van der Waals surface area (Å²) in [4.78, 5) is 4.64. The van der Waals surface area contributed by atoms with E-state index in [0.29, 0.717) is 12.5 Å². The maximum absolute atomic E-state index is 5.89. The van der Waals surface area contributed by atoms with Gasteiger partial charge in [0.1, 0.15) is 11.3 Å². The lowest BCUT2D eigenvalue weighted by Gasteiger charge is -2.18. The fourth-order valence-corrected chi connectivity index (χ4v) is 2.40. The summed E-state index contributed by atoms with van der Waals surface area (Å²) in [6, 6.07) is 14.0. The van der Waals surface area contributed by atoms with Gasteiger partial charge in [0.05, 0.1) is 6.61 Å². The van der Waals surface area contributed by atoms with Gasteiger partial charge in [0.2, 0.25) is 5.89 Å². The van der Waals surface area contributed by atoms with Crippen LogP contribution in [0.2, 0.25) is 0 Å². The summed E-state index contributed by atoms with van der Waals surface area (Å²) in [5.74, 6) is 1.46. The molecule has 0 bridgehead atoms. The molecular weight excluding hydrogens is 274 g/mol. The minimum atomic E-state index is 0.0994. The second-order valence-corrected chi connectivity index (χ2v) is 6.41. The summed E-state index contributed by atoms with van der Waals surface area (Å²) < 4.78 is 11.4. The summed E-state index contributed by atoms with van der Waals surface area (Å²) in [6.07, 6.45) is 0. The first kappa shape index (κ1) is 14.6. The summed E-state index contributed by atoms with van der Waals surface area (Å²) >= 11 is 0. The third-order valence-electron chi connectivity index (χ3n) is 3.65. The number of hydrogen-bond acceptors (Lipinski definition) is 3. The fraction of sp³-hybridized carbons (Fsp3) is 0.316. The van der Waals surface area contributed by atoms with Gasteiger partial charge in [-0.05, 0) is 48.2 Å². The minimum Gasteiger partial charge on any atom is -0.494 e. The van der Waals surface area contributed by atoms with E-state index in [1.807, 2.05) is 37.3 Å². The SMILES string of the molecule is CCOc1cccc(-c2nc3cc(C(C)(C)C)ccc3o2)c1. The summed E-state index contributed by atoms with van der Waals surface area (Å²) in [5, 5.41) is 0. The lowest BCUT2D eigenvalue weighted by molar-refractivity contribution is 0.340. The molecule has 1 heterocycles. The summed E-state index contributed by atoms with van der Waals surface area (Å²) in [7, 11) is 0. The number of nitrogens with zero attached hydrogens (tertiary/aromatic N) is 1. The van der Waals surface area contributed by atoms with Crippen LogP contribution in [-0.2, 0) is 5.41 Å². The van der Waals surface area contributed by atoms with E-state index >= 15 is 0 Å². The minimum absolute atomic E-state index is 0.0994. The van der Waals surface area contributed by atoms with Crippen LogP contribution in [0.4, 0.5) is 0 Å². The van der Waals surface area contributed by atoms with Crippen molar-refractivity contribution in [2.75, 3.05) is 6.61 Å². The number of benzene rings is 2. The number of rotatable bonds is 3. The van der Waals surface area contributed by atoms with Crippen molar-refractivity contribution in [2.24, 2.45) is 0 Å². The zero-order valence-corrected chi connectivity index (χ0v) is 13.5. The summed E-state index contributed by atoms with van der Waals surface area (Å²) in [5.41, 5.74) is 3.98. The molecule has 2 aromatic carbocycles. The standard InChI is InChI=1S/C19H21NO2/c1-5-21-15-8-6-7-13(11-15)18-20-16-12-14(19(2,3)4)9-10-17(16)22-18/h6-12H,5H2,1-4H3. The highest BCUT2D eigenvalue weighted by molar-refractivity contribution is 5.77. The van der Waals surface area contributed by atoms with E-state index in [2.05, 4.69) is 37.9 Å². The van der Waals surface area contributed by atoms with Crippen molar-refractivity contribution >= 4 is 11.1 Å². The van der Waals surface area contributed by atoms with Crippen LogP contribution in [0.15, 0.2) is 46.9 Å². The largest absolute Gasteiger partial charge is 0.494 e. The Balaban J connectivity index is 2.03. The van der Waals surface area contributed by atoms with Gasteiger partial charge in [-0.2, -0.15) is 0 Å². The maximum atomic E-state index is 5.89. The molecular formula is C19H21NO2. The quantitative estimate of drug-likeness (QED) is 0.667. The maximum Gasteiger partial charge on any atom is 0.227 e. The lowest BCUT2D eigenvalue weighted by atomic mass is 9.87. The molecule has 3 heteroatoms. The van der Waals surface area contributed by atoms with Gasteiger partial charge < -0.3 is 9.15 Å². The Morgan fingerprint density at radius 1 is 1.09 bits per heavy atom. The summed E-state index contributed by atoms with van der Waals surface area (Å²) in [6.45, 7) is 9.20. The van der Waals surface area contributed by atoms with Gasteiger partial charge in [0, 0.05) is 5.56 Å². The van der Waals surface area contributed by atoms with E-state index in [0.717, 1.165) is 22.4 Å². The van der Waals surface area contributed by atoms with Gasteiger partial charge in [0.15, 0.2) is 5.58 Å². The van der Waals surface area contributed by atoms with Crippen LogP contribution in [0.25, 0.3) is 22.6 Å². The number of ether oxygens (including phenoxy) is 1. The topological polar surface area (TPSA) is 35.3 Å². The van der Waals surface area contributed by atoms with Crippen LogP contribution in [0.5, 0.6) is 5.75 Å². The van der Waals surface area contributed by atoms with Crippen molar-refractivity contribution in [1.82, 2.24) is 4.98 Å². The van der Waals surface area contributed by atoms with Crippen LogP contribution < -0.4 is 4.74 Å². The van der Waals surface area contributed by atoms with Gasteiger partial charge in [-0.3, -0.25) is 0 Å². The molecule has 22 heavy (non-hydrogen) atoms. The second-order valence-electron chi connectivity index (χ2n) is 6.41.